The zero-order valence-corrected chi connectivity index (χ0v) is 19.9. The lowest BCUT2D eigenvalue weighted by atomic mass is 9.91. The lowest BCUT2D eigenvalue weighted by Crippen LogP contribution is -2.43. The molecule has 0 atom stereocenters. The summed E-state index contributed by atoms with van der Waals surface area (Å²) in [7, 11) is 0. The molecule has 1 aliphatic rings. The molecule has 182 valence electrons. The molecular formula is C25H26F3NO4S. The van der Waals surface area contributed by atoms with E-state index in [4.69, 9.17) is 0 Å². The van der Waals surface area contributed by atoms with E-state index in [1.807, 2.05) is 20.8 Å². The molecule has 1 heterocycles. The van der Waals surface area contributed by atoms with Gasteiger partial charge < -0.3 is 15.1 Å². The van der Waals surface area contributed by atoms with E-state index in [2.05, 4.69) is 11.8 Å². The number of anilines is 1. The Labute approximate surface area is 200 Å². The molecule has 0 aliphatic heterocycles. The SMILES string of the molecule is CC(C)(C)C#Cc1cc(N(C(=O)c2ccc(C(F)(F)F)cc2)[C@H]2CC[C@H](O)CC2)c(C(=O)O)s1. The van der Waals surface area contributed by atoms with Crippen molar-refractivity contribution in [3.05, 3.63) is 51.2 Å². The third kappa shape index (κ3) is 6.19. The largest absolute Gasteiger partial charge is 0.477 e. The van der Waals surface area contributed by atoms with Crippen LogP contribution in [0.15, 0.2) is 30.3 Å². The molecule has 3 rings (SSSR count). The van der Waals surface area contributed by atoms with Crippen molar-refractivity contribution >= 4 is 28.9 Å². The Morgan fingerprint density at radius 1 is 1.06 bits per heavy atom. The molecule has 0 spiro atoms. The summed E-state index contributed by atoms with van der Waals surface area (Å²) in [6.07, 6.45) is -3.30. The lowest BCUT2D eigenvalue weighted by molar-refractivity contribution is -0.137. The van der Waals surface area contributed by atoms with Gasteiger partial charge in [-0.15, -0.1) is 11.3 Å². The molecule has 9 heteroatoms. The summed E-state index contributed by atoms with van der Waals surface area (Å²) in [5.41, 5.74) is -1.01. The molecule has 0 bridgehead atoms. The maximum absolute atomic E-state index is 13.5. The summed E-state index contributed by atoms with van der Waals surface area (Å²) in [4.78, 5) is 27.4. The van der Waals surface area contributed by atoms with Crippen LogP contribution in [-0.2, 0) is 6.18 Å². The molecule has 0 radical (unpaired) electrons. The summed E-state index contributed by atoms with van der Waals surface area (Å²) in [5.74, 6) is 4.21. The van der Waals surface area contributed by atoms with Crippen molar-refractivity contribution in [3.63, 3.8) is 0 Å². The average molecular weight is 494 g/mol. The highest BCUT2D eigenvalue weighted by atomic mass is 32.1. The second kappa shape index (κ2) is 9.80. The van der Waals surface area contributed by atoms with E-state index in [1.54, 1.807) is 6.07 Å². The first-order chi connectivity index (χ1) is 15.8. The number of hydrogen-bond donors (Lipinski definition) is 2. The van der Waals surface area contributed by atoms with Crippen LogP contribution < -0.4 is 4.90 Å². The predicted molar refractivity (Wildman–Crippen MR) is 124 cm³/mol. The summed E-state index contributed by atoms with van der Waals surface area (Å²) >= 11 is 0.954. The number of carboxylic acids is 1. The van der Waals surface area contributed by atoms with Gasteiger partial charge in [-0.2, -0.15) is 13.2 Å². The normalized spacial score (nSPS) is 18.7. The van der Waals surface area contributed by atoms with Gasteiger partial charge in [-0.3, -0.25) is 4.79 Å². The molecule has 0 saturated heterocycles. The predicted octanol–water partition coefficient (Wildman–Crippen LogP) is 5.81. The van der Waals surface area contributed by atoms with Gasteiger partial charge in [0.2, 0.25) is 0 Å². The minimum absolute atomic E-state index is 0.0176. The van der Waals surface area contributed by atoms with Gasteiger partial charge in [0.15, 0.2) is 0 Å². The van der Waals surface area contributed by atoms with Crippen LogP contribution in [0.2, 0.25) is 0 Å². The smallest absolute Gasteiger partial charge is 0.416 e. The highest BCUT2D eigenvalue weighted by Gasteiger charge is 2.35. The van der Waals surface area contributed by atoms with Gasteiger partial charge in [-0.25, -0.2) is 4.79 Å². The van der Waals surface area contributed by atoms with Crippen molar-refractivity contribution in [2.45, 2.75) is 64.8 Å². The zero-order chi connectivity index (χ0) is 25.3. The topological polar surface area (TPSA) is 77.8 Å². The zero-order valence-electron chi connectivity index (χ0n) is 19.1. The first-order valence-electron chi connectivity index (χ1n) is 10.9. The average Bonchev–Trinajstić information content (AvgIpc) is 3.17. The Bertz CT molecular complexity index is 1110. The fraction of sp³-hybridized carbons (Fsp3) is 0.440. The number of amides is 1. The minimum atomic E-state index is -4.54. The van der Waals surface area contributed by atoms with E-state index in [0.717, 1.165) is 35.6 Å². The van der Waals surface area contributed by atoms with Crippen LogP contribution in [0.5, 0.6) is 0 Å². The fourth-order valence-corrected chi connectivity index (χ4v) is 4.60. The Balaban J connectivity index is 2.08. The van der Waals surface area contributed by atoms with Crippen LogP contribution >= 0.6 is 11.3 Å². The first kappa shape index (κ1) is 25.8. The maximum atomic E-state index is 13.5. The molecule has 2 N–H and O–H groups in total. The van der Waals surface area contributed by atoms with E-state index >= 15 is 0 Å². The summed E-state index contributed by atoms with van der Waals surface area (Å²) in [6, 6.07) is 5.02. The van der Waals surface area contributed by atoms with Crippen molar-refractivity contribution in [1.29, 1.82) is 0 Å². The van der Waals surface area contributed by atoms with Gasteiger partial charge in [-0.05, 0) is 76.8 Å². The molecular weight excluding hydrogens is 467 g/mol. The monoisotopic (exact) mass is 493 g/mol. The maximum Gasteiger partial charge on any atom is 0.416 e. The molecule has 1 amide bonds. The van der Waals surface area contributed by atoms with E-state index in [-0.39, 0.29) is 21.5 Å². The first-order valence-corrected chi connectivity index (χ1v) is 11.7. The highest BCUT2D eigenvalue weighted by Crippen LogP contribution is 2.37. The molecule has 5 nitrogen and oxygen atoms in total. The van der Waals surface area contributed by atoms with Gasteiger partial charge in [0.05, 0.1) is 22.2 Å². The number of aliphatic hydroxyl groups is 1. The molecule has 1 fully saturated rings. The summed E-state index contributed by atoms with van der Waals surface area (Å²) < 4.78 is 38.9. The number of carboxylic acid groups (broad SMARTS) is 1. The van der Waals surface area contributed by atoms with E-state index in [9.17, 15) is 33.0 Å². The minimum Gasteiger partial charge on any atom is -0.477 e. The van der Waals surface area contributed by atoms with Gasteiger partial charge in [-0.1, -0.05) is 11.8 Å². The molecule has 1 aromatic heterocycles. The van der Waals surface area contributed by atoms with E-state index in [1.165, 1.54) is 4.90 Å². The van der Waals surface area contributed by atoms with Crippen LogP contribution in [0.3, 0.4) is 0 Å². The Morgan fingerprint density at radius 2 is 1.65 bits per heavy atom. The van der Waals surface area contributed by atoms with Crippen molar-refractivity contribution in [3.8, 4) is 11.8 Å². The Morgan fingerprint density at radius 3 is 2.15 bits per heavy atom. The van der Waals surface area contributed by atoms with Crippen LogP contribution in [-0.4, -0.2) is 34.2 Å². The molecule has 0 unspecified atom stereocenters. The van der Waals surface area contributed by atoms with Crippen molar-refractivity contribution < 1.29 is 33.0 Å². The number of halogens is 3. The number of hydrogen-bond acceptors (Lipinski definition) is 4. The lowest BCUT2D eigenvalue weighted by Gasteiger charge is -2.35. The number of aliphatic hydroxyl groups excluding tert-OH is 1. The number of nitrogens with zero attached hydrogens (tertiary/aromatic N) is 1. The number of rotatable bonds is 4. The number of benzene rings is 1. The molecule has 1 saturated carbocycles. The van der Waals surface area contributed by atoms with Crippen molar-refractivity contribution in [2.24, 2.45) is 5.41 Å². The third-order valence-electron chi connectivity index (χ3n) is 5.44. The number of carbonyl (C=O) groups is 2. The number of aromatic carboxylic acids is 1. The number of thiophene rings is 1. The van der Waals surface area contributed by atoms with Gasteiger partial charge in [0.25, 0.3) is 5.91 Å². The van der Waals surface area contributed by atoms with E-state index < -0.39 is 35.8 Å². The summed E-state index contributed by atoms with van der Waals surface area (Å²) in [5, 5.41) is 19.7. The second-order valence-corrected chi connectivity index (χ2v) is 10.4. The quantitative estimate of drug-likeness (QED) is 0.527. The van der Waals surface area contributed by atoms with Crippen LogP contribution in [0.4, 0.5) is 18.9 Å². The van der Waals surface area contributed by atoms with Crippen LogP contribution in [0.25, 0.3) is 0 Å². The Hall–Kier alpha value is -2.83. The van der Waals surface area contributed by atoms with Crippen LogP contribution in [0, 0.1) is 17.3 Å². The van der Waals surface area contributed by atoms with Crippen molar-refractivity contribution in [2.75, 3.05) is 4.90 Å². The van der Waals surface area contributed by atoms with Crippen LogP contribution in [0.1, 0.15) is 76.9 Å². The van der Waals surface area contributed by atoms with Gasteiger partial charge in [0, 0.05) is 17.0 Å². The highest BCUT2D eigenvalue weighted by molar-refractivity contribution is 7.15. The van der Waals surface area contributed by atoms with Gasteiger partial charge >= 0.3 is 12.1 Å². The molecule has 2 aromatic rings. The number of alkyl halides is 3. The second-order valence-electron chi connectivity index (χ2n) is 9.34. The summed E-state index contributed by atoms with van der Waals surface area (Å²) in [6.45, 7) is 5.75. The fourth-order valence-electron chi connectivity index (χ4n) is 3.75. The Kier molecular flexibility index (Phi) is 7.44. The molecule has 34 heavy (non-hydrogen) atoms. The van der Waals surface area contributed by atoms with E-state index in [0.29, 0.717) is 30.6 Å². The standard InChI is InChI=1S/C25H26F3NO4S/c1-24(2,3)13-12-19-14-20(21(34-19)23(32)33)29(17-8-10-18(30)11-9-17)22(31)15-4-6-16(7-5-15)25(26,27)28/h4-7,14,17-18,30H,8-11H2,1-3H3,(H,32,33)/t17-,18-. The third-order valence-corrected chi connectivity index (χ3v) is 6.46. The van der Waals surface area contributed by atoms with Crippen molar-refractivity contribution in [1.82, 2.24) is 0 Å². The van der Waals surface area contributed by atoms with Gasteiger partial charge in [0.1, 0.15) is 4.88 Å². The number of carbonyl (C=O) groups excluding carboxylic acids is 1. The molecule has 1 aliphatic carbocycles. The molecule has 1 aromatic carbocycles.